The summed E-state index contributed by atoms with van der Waals surface area (Å²) >= 11 is 6.18. The number of hydrogen-bond donors (Lipinski definition) is 1. The van der Waals surface area contributed by atoms with Crippen LogP contribution >= 0.6 is 11.6 Å². The summed E-state index contributed by atoms with van der Waals surface area (Å²) in [6, 6.07) is 5.76. The van der Waals surface area contributed by atoms with Gasteiger partial charge in [-0.1, -0.05) is 17.7 Å². The van der Waals surface area contributed by atoms with Crippen LogP contribution in [0.2, 0.25) is 5.02 Å². The smallest absolute Gasteiger partial charge is 0.109 e. The summed E-state index contributed by atoms with van der Waals surface area (Å²) in [7, 11) is 0. The van der Waals surface area contributed by atoms with Crippen LogP contribution in [0.3, 0.4) is 0 Å². The highest BCUT2D eigenvalue weighted by Gasteiger charge is 2.11. The Kier molecular flexibility index (Phi) is 3.46. The Bertz CT molecular complexity index is 493. The summed E-state index contributed by atoms with van der Waals surface area (Å²) in [5, 5.41) is 9.60. The van der Waals surface area contributed by atoms with Crippen molar-refractivity contribution in [2.24, 2.45) is 0 Å². The molecule has 0 aliphatic rings. The number of aromatic nitrogens is 2. The van der Waals surface area contributed by atoms with E-state index in [-0.39, 0.29) is 6.61 Å². The van der Waals surface area contributed by atoms with Crippen molar-refractivity contribution in [3.63, 3.8) is 0 Å². The van der Waals surface area contributed by atoms with E-state index in [0.29, 0.717) is 0 Å². The Labute approximate surface area is 99.7 Å². The van der Waals surface area contributed by atoms with Gasteiger partial charge in [-0.3, -0.25) is 0 Å². The monoisotopic (exact) mass is 238 g/mol. The lowest BCUT2D eigenvalue weighted by Gasteiger charge is -2.05. The van der Waals surface area contributed by atoms with Gasteiger partial charge >= 0.3 is 0 Å². The van der Waals surface area contributed by atoms with Crippen molar-refractivity contribution in [3.8, 4) is 0 Å². The van der Waals surface area contributed by atoms with E-state index in [9.17, 15) is 0 Å². The molecular weight excluding hydrogens is 224 g/mol. The normalized spacial score (nSPS) is 11.2. The van der Waals surface area contributed by atoms with Gasteiger partial charge in [0.25, 0.3) is 0 Å². The second-order valence-electron chi connectivity index (χ2n) is 3.71. The number of aliphatic hydroxyl groups is 1. The number of fused-ring (bicyclic) bond motifs is 1. The molecule has 86 valence electrons. The number of halogens is 1. The molecule has 0 atom stereocenters. The van der Waals surface area contributed by atoms with Gasteiger partial charge in [0.2, 0.25) is 0 Å². The number of benzene rings is 1. The number of imidazole rings is 1. The van der Waals surface area contributed by atoms with Crippen LogP contribution in [0.1, 0.15) is 19.2 Å². The molecule has 4 heteroatoms. The molecule has 1 N–H and O–H groups in total. The standard InChI is InChI=1S/C12H15ClN2O/c1-2-15-11(7-4-8-16)14-10-6-3-5-9(13)12(10)15/h3,5-6,16H,2,4,7-8H2,1H3. The largest absolute Gasteiger partial charge is 0.396 e. The SMILES string of the molecule is CCn1c(CCCO)nc2cccc(Cl)c21. The summed E-state index contributed by atoms with van der Waals surface area (Å²) in [5.74, 6) is 1.000. The predicted molar refractivity (Wildman–Crippen MR) is 65.8 cm³/mol. The maximum atomic E-state index is 8.86. The van der Waals surface area contributed by atoms with Crippen molar-refractivity contribution < 1.29 is 5.11 Å². The zero-order chi connectivity index (χ0) is 11.5. The topological polar surface area (TPSA) is 38.0 Å². The maximum Gasteiger partial charge on any atom is 0.109 e. The number of nitrogens with zero attached hydrogens (tertiary/aromatic N) is 2. The minimum absolute atomic E-state index is 0.195. The zero-order valence-corrected chi connectivity index (χ0v) is 10.0. The van der Waals surface area contributed by atoms with Crippen LogP contribution in [0, 0.1) is 0 Å². The summed E-state index contributed by atoms with van der Waals surface area (Å²) in [4.78, 5) is 4.55. The van der Waals surface area contributed by atoms with Gasteiger partial charge in [-0.25, -0.2) is 4.98 Å². The molecule has 0 aliphatic carbocycles. The lowest BCUT2D eigenvalue weighted by Crippen LogP contribution is -2.03. The van der Waals surface area contributed by atoms with E-state index in [4.69, 9.17) is 16.7 Å². The fraction of sp³-hybridized carbons (Fsp3) is 0.417. The molecule has 0 unspecified atom stereocenters. The highest BCUT2D eigenvalue weighted by molar-refractivity contribution is 6.35. The van der Waals surface area contributed by atoms with Crippen molar-refractivity contribution in [1.82, 2.24) is 9.55 Å². The van der Waals surface area contributed by atoms with Crippen molar-refractivity contribution in [2.45, 2.75) is 26.3 Å². The van der Waals surface area contributed by atoms with Gasteiger partial charge in [0.15, 0.2) is 0 Å². The van der Waals surface area contributed by atoms with Crippen molar-refractivity contribution in [3.05, 3.63) is 29.0 Å². The minimum atomic E-state index is 0.195. The van der Waals surface area contributed by atoms with E-state index < -0.39 is 0 Å². The van der Waals surface area contributed by atoms with Gasteiger partial charge in [-0.15, -0.1) is 0 Å². The predicted octanol–water partition coefficient (Wildman–Crippen LogP) is 2.63. The van der Waals surface area contributed by atoms with Gasteiger partial charge in [-0.05, 0) is 25.5 Å². The van der Waals surface area contributed by atoms with E-state index in [2.05, 4.69) is 16.5 Å². The summed E-state index contributed by atoms with van der Waals surface area (Å²) in [6.07, 6.45) is 1.52. The fourth-order valence-corrected chi connectivity index (χ4v) is 2.23. The molecule has 1 aromatic heterocycles. The molecular formula is C12H15ClN2O. The first-order valence-corrected chi connectivity index (χ1v) is 5.90. The summed E-state index contributed by atoms with van der Waals surface area (Å²) in [5.41, 5.74) is 1.93. The molecule has 2 aromatic rings. The molecule has 1 aromatic carbocycles. The van der Waals surface area contributed by atoms with Crippen LogP contribution < -0.4 is 0 Å². The maximum absolute atomic E-state index is 8.86. The van der Waals surface area contributed by atoms with E-state index in [1.807, 2.05) is 18.2 Å². The van der Waals surface area contributed by atoms with E-state index >= 15 is 0 Å². The summed E-state index contributed by atoms with van der Waals surface area (Å²) in [6.45, 7) is 3.12. The van der Waals surface area contributed by atoms with Gasteiger partial charge in [0.05, 0.1) is 16.1 Å². The summed E-state index contributed by atoms with van der Waals surface area (Å²) < 4.78 is 2.12. The first-order valence-electron chi connectivity index (χ1n) is 5.52. The molecule has 2 rings (SSSR count). The van der Waals surface area contributed by atoms with Gasteiger partial charge < -0.3 is 9.67 Å². The fourth-order valence-electron chi connectivity index (χ4n) is 1.96. The van der Waals surface area contributed by atoms with E-state index in [0.717, 1.165) is 41.3 Å². The average molecular weight is 239 g/mol. The van der Waals surface area contributed by atoms with Crippen LogP contribution in [0.5, 0.6) is 0 Å². The molecule has 0 fully saturated rings. The third-order valence-electron chi connectivity index (χ3n) is 2.67. The van der Waals surface area contributed by atoms with Crippen LogP contribution in [0.15, 0.2) is 18.2 Å². The molecule has 1 heterocycles. The Balaban J connectivity index is 2.53. The molecule has 0 bridgehead atoms. The average Bonchev–Trinajstić information content (AvgIpc) is 2.65. The highest BCUT2D eigenvalue weighted by Crippen LogP contribution is 2.24. The first kappa shape index (κ1) is 11.4. The molecule has 0 aliphatic heterocycles. The molecule has 0 spiro atoms. The third-order valence-corrected chi connectivity index (χ3v) is 2.98. The highest BCUT2D eigenvalue weighted by atomic mass is 35.5. The molecule has 3 nitrogen and oxygen atoms in total. The quantitative estimate of drug-likeness (QED) is 0.889. The van der Waals surface area contributed by atoms with Crippen LogP contribution in [-0.4, -0.2) is 21.3 Å². The van der Waals surface area contributed by atoms with Crippen molar-refractivity contribution >= 4 is 22.6 Å². The van der Waals surface area contributed by atoms with Gasteiger partial charge in [0.1, 0.15) is 5.82 Å². The van der Waals surface area contributed by atoms with Crippen LogP contribution in [0.25, 0.3) is 11.0 Å². The number of aryl methyl sites for hydroxylation is 2. The second-order valence-corrected chi connectivity index (χ2v) is 4.11. The number of aliphatic hydroxyl groups excluding tert-OH is 1. The molecule has 0 saturated carbocycles. The molecule has 0 amide bonds. The molecule has 0 saturated heterocycles. The number of hydrogen-bond acceptors (Lipinski definition) is 2. The molecule has 16 heavy (non-hydrogen) atoms. The van der Waals surface area contributed by atoms with Crippen molar-refractivity contribution in [2.75, 3.05) is 6.61 Å². The van der Waals surface area contributed by atoms with E-state index in [1.54, 1.807) is 0 Å². The molecule has 0 radical (unpaired) electrons. The van der Waals surface area contributed by atoms with Gasteiger partial charge in [0, 0.05) is 19.6 Å². The first-order chi connectivity index (χ1) is 7.77. The zero-order valence-electron chi connectivity index (χ0n) is 9.28. The Morgan fingerprint density at radius 3 is 2.94 bits per heavy atom. The van der Waals surface area contributed by atoms with Crippen molar-refractivity contribution in [1.29, 1.82) is 0 Å². The van der Waals surface area contributed by atoms with Crippen LogP contribution in [-0.2, 0) is 13.0 Å². The Hall–Kier alpha value is -1.06. The Morgan fingerprint density at radius 1 is 1.44 bits per heavy atom. The second kappa shape index (κ2) is 4.85. The number of rotatable bonds is 4. The van der Waals surface area contributed by atoms with E-state index in [1.165, 1.54) is 0 Å². The lowest BCUT2D eigenvalue weighted by atomic mass is 10.3. The lowest BCUT2D eigenvalue weighted by molar-refractivity contribution is 0.287. The third kappa shape index (κ3) is 1.93. The number of para-hydroxylation sites is 1. The van der Waals surface area contributed by atoms with Crippen LogP contribution in [0.4, 0.5) is 0 Å². The Morgan fingerprint density at radius 2 is 2.25 bits per heavy atom. The van der Waals surface area contributed by atoms with Gasteiger partial charge in [-0.2, -0.15) is 0 Å². The minimum Gasteiger partial charge on any atom is -0.396 e.